The van der Waals surface area contributed by atoms with Gasteiger partial charge in [0.25, 0.3) is 5.91 Å². The largest absolute Gasteiger partial charge is 0.750 e. The first-order chi connectivity index (χ1) is 9.87. The molecule has 13 heteroatoms. The van der Waals surface area contributed by atoms with Gasteiger partial charge in [-0.1, -0.05) is 5.73 Å². The molecule has 1 atom stereocenters. The molecule has 0 saturated carbocycles. The molecule has 0 aromatic rings. The maximum absolute atomic E-state index is 11.3. The fourth-order valence-electron chi connectivity index (χ4n) is 0.630. The van der Waals surface area contributed by atoms with Gasteiger partial charge in [-0.25, -0.2) is 17.3 Å². The first-order valence-electron chi connectivity index (χ1n) is 4.83. The molecule has 0 aliphatic heterocycles. The molecule has 1 amide bonds. The lowest BCUT2D eigenvalue weighted by atomic mass is 10.5. The van der Waals surface area contributed by atoms with Gasteiger partial charge < -0.3 is 9.11 Å². The molecule has 22 heavy (non-hydrogen) atoms. The van der Waals surface area contributed by atoms with Crippen LogP contribution < -0.4 is 4.72 Å². The maximum Gasteiger partial charge on any atom is 0.308 e. The van der Waals surface area contributed by atoms with Crippen LogP contribution in [0.2, 0.25) is 0 Å². The molecular weight excluding hydrogens is 362 g/mol. The molecule has 1 unspecified atom stereocenters. The SMILES string of the molecule is C=C=C=C=C=C(C(=O)NS(=O)(=O)CC)S(=O)(=O)O.O=S([O-])O. The van der Waals surface area contributed by atoms with Crippen molar-refractivity contribution in [2.45, 2.75) is 6.92 Å². The molecule has 0 saturated heterocycles. The van der Waals surface area contributed by atoms with Gasteiger partial charge in [0.05, 0.1) is 17.1 Å². The third kappa shape index (κ3) is 12.0. The number of sulfonamides is 1. The van der Waals surface area contributed by atoms with Gasteiger partial charge in [-0.2, -0.15) is 8.42 Å². The van der Waals surface area contributed by atoms with E-state index in [1.165, 1.54) is 11.6 Å². The summed E-state index contributed by atoms with van der Waals surface area (Å²) >= 11 is -2.86. The predicted octanol–water partition coefficient (Wildman–Crippen LogP) is -1.19. The zero-order valence-corrected chi connectivity index (χ0v) is 13.3. The highest BCUT2D eigenvalue weighted by Gasteiger charge is 2.25. The number of carbonyl (C=O) groups excluding carboxylic acids is 1. The van der Waals surface area contributed by atoms with Crippen molar-refractivity contribution in [3.63, 3.8) is 0 Å². The van der Waals surface area contributed by atoms with Crippen molar-refractivity contribution in [1.29, 1.82) is 0 Å². The lowest BCUT2D eigenvalue weighted by Gasteiger charge is -2.03. The Labute approximate surface area is 129 Å². The minimum Gasteiger partial charge on any atom is -0.750 e. The van der Waals surface area contributed by atoms with Gasteiger partial charge in [0, 0.05) is 0 Å². The van der Waals surface area contributed by atoms with Crippen LogP contribution in [0.5, 0.6) is 0 Å². The second-order valence-corrected chi connectivity index (χ2v) is 6.71. The molecule has 0 aliphatic rings. The van der Waals surface area contributed by atoms with Crippen LogP contribution in [0.4, 0.5) is 0 Å². The van der Waals surface area contributed by atoms with Crippen molar-refractivity contribution in [2.75, 3.05) is 5.75 Å². The van der Waals surface area contributed by atoms with E-state index in [2.05, 4.69) is 12.3 Å². The minimum absolute atomic E-state index is 0.441. The third-order valence-corrected chi connectivity index (χ3v) is 3.48. The van der Waals surface area contributed by atoms with Crippen molar-refractivity contribution in [3.8, 4) is 0 Å². The molecule has 0 rings (SSSR count). The first-order valence-corrected chi connectivity index (χ1v) is 8.95. The molecule has 0 spiro atoms. The summed E-state index contributed by atoms with van der Waals surface area (Å²) in [6.45, 7) is 4.32. The van der Waals surface area contributed by atoms with Gasteiger partial charge in [-0.05, 0) is 30.7 Å². The molecule has 0 radical (unpaired) electrons. The van der Waals surface area contributed by atoms with Gasteiger partial charge in [-0.15, -0.1) is 0 Å². The van der Waals surface area contributed by atoms with Crippen LogP contribution in [0.15, 0.2) is 34.4 Å². The summed E-state index contributed by atoms with van der Waals surface area (Å²) < 4.78 is 78.0. The smallest absolute Gasteiger partial charge is 0.308 e. The van der Waals surface area contributed by atoms with Gasteiger partial charge in [-0.3, -0.25) is 9.35 Å². The summed E-state index contributed by atoms with van der Waals surface area (Å²) in [5, 5.41) is 0. The van der Waals surface area contributed by atoms with E-state index in [9.17, 15) is 21.6 Å². The normalized spacial score (nSPS) is 11.3. The third-order valence-electron chi connectivity index (χ3n) is 1.42. The summed E-state index contributed by atoms with van der Waals surface area (Å²) in [4.78, 5) is 10.0. The number of carbonyl (C=O) groups is 1. The minimum atomic E-state index is -4.95. The van der Waals surface area contributed by atoms with Gasteiger partial charge >= 0.3 is 10.1 Å². The highest BCUT2D eigenvalue weighted by Crippen LogP contribution is 2.02. The van der Waals surface area contributed by atoms with E-state index in [0.717, 1.165) is 0 Å². The van der Waals surface area contributed by atoms with E-state index in [1.54, 1.807) is 5.73 Å². The molecule has 124 valence electrons. The number of hydrogen-bond donors (Lipinski definition) is 3. The average Bonchev–Trinajstić information content (AvgIpc) is 2.31. The molecular formula is C9H10NO9S3-. The Hall–Kier alpha value is -1.74. The van der Waals surface area contributed by atoms with Crippen molar-refractivity contribution >= 4 is 37.4 Å². The summed E-state index contributed by atoms with van der Waals surface area (Å²) in [5.74, 6) is -1.98. The Morgan fingerprint density at radius 3 is 2.09 bits per heavy atom. The van der Waals surface area contributed by atoms with E-state index >= 15 is 0 Å². The Morgan fingerprint density at radius 1 is 1.32 bits per heavy atom. The fraction of sp³-hybridized carbons (Fsp3) is 0.222. The highest BCUT2D eigenvalue weighted by molar-refractivity contribution is 7.92. The van der Waals surface area contributed by atoms with Crippen LogP contribution in [0.3, 0.4) is 0 Å². The number of nitrogens with one attached hydrogen (secondary N) is 1. The quantitative estimate of drug-likeness (QED) is 0.237. The zero-order chi connectivity index (χ0) is 18.0. The number of rotatable bonds is 4. The number of amides is 1. The first kappa shape index (κ1) is 22.5. The predicted molar refractivity (Wildman–Crippen MR) is 73.9 cm³/mol. The van der Waals surface area contributed by atoms with Crippen LogP contribution in [0, 0.1) is 0 Å². The maximum atomic E-state index is 11.3. The van der Waals surface area contributed by atoms with Crippen LogP contribution >= 0.6 is 0 Å². The van der Waals surface area contributed by atoms with Crippen molar-refractivity contribution in [2.24, 2.45) is 0 Å². The molecule has 3 N–H and O–H groups in total. The molecule has 0 heterocycles. The van der Waals surface area contributed by atoms with Crippen LogP contribution in [0.1, 0.15) is 6.92 Å². The summed E-state index contributed by atoms with van der Waals surface area (Å²) in [6, 6.07) is 0. The van der Waals surface area contributed by atoms with Gasteiger partial charge in [0.15, 0.2) is 0 Å². The lowest BCUT2D eigenvalue weighted by Crippen LogP contribution is -2.34. The lowest BCUT2D eigenvalue weighted by molar-refractivity contribution is -0.115. The molecule has 10 nitrogen and oxygen atoms in total. The molecule has 0 aromatic heterocycles. The monoisotopic (exact) mass is 372 g/mol. The zero-order valence-electron chi connectivity index (χ0n) is 10.9. The topological polar surface area (TPSA) is 178 Å². The molecule has 0 aliphatic carbocycles. The second kappa shape index (κ2) is 10.1. The van der Waals surface area contributed by atoms with Gasteiger partial charge in [0.1, 0.15) is 0 Å². The van der Waals surface area contributed by atoms with Crippen LogP contribution in [0.25, 0.3) is 0 Å². The van der Waals surface area contributed by atoms with E-state index in [0.29, 0.717) is 0 Å². The second-order valence-electron chi connectivity index (χ2n) is 2.91. The van der Waals surface area contributed by atoms with E-state index in [1.807, 2.05) is 11.5 Å². The Balaban J connectivity index is 0. The van der Waals surface area contributed by atoms with Crippen molar-refractivity contribution < 1.29 is 39.5 Å². The molecule has 0 bridgehead atoms. The van der Waals surface area contributed by atoms with Crippen LogP contribution in [-0.4, -0.2) is 46.4 Å². The van der Waals surface area contributed by atoms with Crippen molar-refractivity contribution in [3.05, 3.63) is 34.4 Å². The summed E-state index contributed by atoms with van der Waals surface area (Å²) in [5.41, 5.74) is 7.76. The average molecular weight is 372 g/mol. The van der Waals surface area contributed by atoms with E-state index in [-0.39, 0.29) is 0 Å². The Morgan fingerprint density at radius 2 is 1.77 bits per heavy atom. The Kier molecular flexibility index (Phi) is 10.3. The summed E-state index contributed by atoms with van der Waals surface area (Å²) in [6.07, 6.45) is 0. The fourth-order valence-corrected chi connectivity index (χ4v) is 1.69. The molecule has 0 aromatic carbocycles. The molecule has 0 fully saturated rings. The Bertz CT molecular complexity index is 794. The van der Waals surface area contributed by atoms with Crippen LogP contribution in [-0.2, 0) is 36.3 Å². The number of hydrogen-bond acceptors (Lipinski definition) is 7. The standard InChI is InChI=1S/C9H9NO6S2.H2O3S/c1-3-5-6-7-8(18(14,15)16)9(11)10-17(12,13)4-2;1-4(2)3/h1,4H2,2H3,(H,10,11)(H,14,15,16);(H2,1,2,3)/p-1. The van der Waals surface area contributed by atoms with Gasteiger partial charge in [0.2, 0.25) is 14.9 Å². The summed E-state index contributed by atoms with van der Waals surface area (Å²) in [7, 11) is -8.91. The van der Waals surface area contributed by atoms with Crippen molar-refractivity contribution in [1.82, 2.24) is 4.72 Å². The van der Waals surface area contributed by atoms with E-state index in [4.69, 9.17) is 17.9 Å². The van der Waals surface area contributed by atoms with E-state index < -0.39 is 48.1 Å². The highest BCUT2D eigenvalue weighted by atomic mass is 32.2.